The summed E-state index contributed by atoms with van der Waals surface area (Å²) < 4.78 is 6.51. The molecule has 1 aliphatic heterocycles. The molecule has 0 radical (unpaired) electrons. The van der Waals surface area contributed by atoms with Crippen molar-refractivity contribution in [2.45, 2.75) is 63.2 Å². The molecule has 0 unspecified atom stereocenters. The van der Waals surface area contributed by atoms with Gasteiger partial charge in [-0.3, -0.25) is 4.79 Å². The molecule has 1 saturated carbocycles. The Kier molecular flexibility index (Phi) is 5.75. The van der Waals surface area contributed by atoms with Crippen molar-refractivity contribution >= 4 is 17.5 Å². The van der Waals surface area contributed by atoms with E-state index in [-0.39, 0.29) is 29.6 Å². The van der Waals surface area contributed by atoms with E-state index < -0.39 is 0 Å². The largest absolute Gasteiger partial charge is 0.365 e. The molecule has 4 rings (SSSR count). The van der Waals surface area contributed by atoms with Crippen LogP contribution >= 0.6 is 11.6 Å². The van der Waals surface area contributed by atoms with Gasteiger partial charge in [0, 0.05) is 29.3 Å². The molecule has 0 bridgehead atoms. The summed E-state index contributed by atoms with van der Waals surface area (Å²) in [6.45, 7) is 2.17. The second-order valence-electron chi connectivity index (χ2n) is 8.52. The molecule has 3 nitrogen and oxygen atoms in total. The molecule has 1 aliphatic carbocycles. The third-order valence-electron chi connectivity index (χ3n) is 6.16. The summed E-state index contributed by atoms with van der Waals surface area (Å²) in [6, 6.07) is 18.2. The molecule has 1 amide bonds. The molecule has 1 saturated heterocycles. The molecular weight excluding hydrogens is 370 g/mol. The van der Waals surface area contributed by atoms with Gasteiger partial charge in [-0.1, -0.05) is 66.9 Å². The molecule has 28 heavy (non-hydrogen) atoms. The minimum absolute atomic E-state index is 0.0514. The smallest absolute Gasteiger partial charge is 0.223 e. The summed E-state index contributed by atoms with van der Waals surface area (Å²) in [5.41, 5.74) is 1.96. The Bertz CT molecular complexity index is 801. The Labute approximate surface area is 172 Å². The zero-order valence-corrected chi connectivity index (χ0v) is 17.1. The van der Waals surface area contributed by atoms with E-state index in [9.17, 15) is 4.79 Å². The number of rotatable bonds is 4. The van der Waals surface area contributed by atoms with Crippen LogP contribution in [0.1, 0.15) is 68.8 Å². The van der Waals surface area contributed by atoms with Gasteiger partial charge in [0.25, 0.3) is 0 Å². The van der Waals surface area contributed by atoms with E-state index in [4.69, 9.17) is 16.3 Å². The van der Waals surface area contributed by atoms with Gasteiger partial charge in [-0.15, -0.1) is 0 Å². The summed E-state index contributed by atoms with van der Waals surface area (Å²) in [7, 11) is 0. The van der Waals surface area contributed by atoms with E-state index in [0.29, 0.717) is 0 Å². The van der Waals surface area contributed by atoms with Crippen LogP contribution in [0.5, 0.6) is 0 Å². The van der Waals surface area contributed by atoms with Crippen LogP contribution in [0.2, 0.25) is 5.02 Å². The Morgan fingerprint density at radius 3 is 2.14 bits per heavy atom. The summed E-state index contributed by atoms with van der Waals surface area (Å²) in [6.07, 6.45) is 5.77. The lowest BCUT2D eigenvalue weighted by atomic mass is 9.81. The average molecular weight is 398 g/mol. The van der Waals surface area contributed by atoms with Gasteiger partial charge in [-0.25, -0.2) is 0 Å². The second kappa shape index (κ2) is 8.26. The fourth-order valence-corrected chi connectivity index (χ4v) is 4.75. The first-order chi connectivity index (χ1) is 13.5. The maximum Gasteiger partial charge on any atom is 0.223 e. The zero-order valence-electron chi connectivity index (χ0n) is 16.4. The quantitative estimate of drug-likeness (QED) is 0.687. The molecule has 148 valence electrons. The predicted molar refractivity (Wildman–Crippen MR) is 112 cm³/mol. The van der Waals surface area contributed by atoms with Gasteiger partial charge in [-0.2, -0.15) is 0 Å². The highest BCUT2D eigenvalue weighted by atomic mass is 35.5. The lowest BCUT2D eigenvalue weighted by Crippen LogP contribution is -2.52. The SMILES string of the molecule is C[C@]1(NC(=O)C2CCCC2)C[C@@H](c2ccc(Cl)cc2)O[C@@H](c2ccccc2)C1. The Hall–Kier alpha value is -1.84. The molecular formula is C24H28ClNO2. The van der Waals surface area contributed by atoms with Crippen LogP contribution in [0.3, 0.4) is 0 Å². The van der Waals surface area contributed by atoms with Crippen LogP contribution in [0.25, 0.3) is 0 Å². The first kappa shape index (κ1) is 19.5. The van der Waals surface area contributed by atoms with Crippen LogP contribution in [0.15, 0.2) is 54.6 Å². The van der Waals surface area contributed by atoms with Gasteiger partial charge in [0.15, 0.2) is 0 Å². The summed E-state index contributed by atoms with van der Waals surface area (Å²) in [5, 5.41) is 4.12. The van der Waals surface area contributed by atoms with Crippen molar-refractivity contribution in [3.8, 4) is 0 Å². The van der Waals surface area contributed by atoms with Crippen LogP contribution < -0.4 is 5.32 Å². The normalized spacial score (nSPS) is 28.2. The lowest BCUT2D eigenvalue weighted by Gasteiger charge is -2.44. The van der Waals surface area contributed by atoms with E-state index in [1.165, 1.54) is 0 Å². The van der Waals surface area contributed by atoms with Gasteiger partial charge in [0.1, 0.15) is 0 Å². The van der Waals surface area contributed by atoms with Gasteiger partial charge >= 0.3 is 0 Å². The van der Waals surface area contributed by atoms with Crippen LogP contribution in [0.4, 0.5) is 0 Å². The standard InChI is InChI=1S/C24H28ClNO2/c1-24(26-23(27)19-9-5-6-10-19)15-21(17-7-3-2-4-8-17)28-22(16-24)18-11-13-20(25)14-12-18/h2-4,7-8,11-14,19,21-22H,5-6,9-10,15-16H2,1H3,(H,26,27)/t21-,22+,24-/m1/s1. The maximum atomic E-state index is 12.9. The van der Waals surface area contributed by atoms with Crippen molar-refractivity contribution in [1.82, 2.24) is 5.32 Å². The third-order valence-corrected chi connectivity index (χ3v) is 6.42. The Balaban J connectivity index is 1.59. The van der Waals surface area contributed by atoms with Crippen LogP contribution in [-0.4, -0.2) is 11.4 Å². The molecule has 2 aromatic carbocycles. The summed E-state index contributed by atoms with van der Waals surface area (Å²) in [4.78, 5) is 12.9. The first-order valence-corrected chi connectivity index (χ1v) is 10.7. The molecule has 2 fully saturated rings. The zero-order chi connectivity index (χ0) is 19.6. The molecule has 1 N–H and O–H groups in total. The topological polar surface area (TPSA) is 38.3 Å². The first-order valence-electron chi connectivity index (χ1n) is 10.3. The Morgan fingerprint density at radius 2 is 1.54 bits per heavy atom. The van der Waals surface area contributed by atoms with Crippen molar-refractivity contribution in [2.24, 2.45) is 5.92 Å². The number of hydrogen-bond acceptors (Lipinski definition) is 2. The molecule has 3 atom stereocenters. The fraction of sp³-hybridized carbons (Fsp3) is 0.458. The molecule has 1 heterocycles. The number of ether oxygens (including phenoxy) is 1. The van der Waals surface area contributed by atoms with Gasteiger partial charge in [0.05, 0.1) is 12.2 Å². The molecule has 4 heteroatoms. The fourth-order valence-electron chi connectivity index (χ4n) is 4.62. The lowest BCUT2D eigenvalue weighted by molar-refractivity contribution is -0.132. The monoisotopic (exact) mass is 397 g/mol. The van der Waals surface area contributed by atoms with Crippen molar-refractivity contribution < 1.29 is 9.53 Å². The highest BCUT2D eigenvalue weighted by Gasteiger charge is 2.41. The summed E-state index contributed by atoms with van der Waals surface area (Å²) >= 11 is 6.07. The van der Waals surface area contributed by atoms with Crippen LogP contribution in [-0.2, 0) is 9.53 Å². The summed E-state index contributed by atoms with van der Waals surface area (Å²) in [5.74, 6) is 0.382. The van der Waals surface area contributed by atoms with E-state index in [1.807, 2.05) is 42.5 Å². The molecule has 0 aromatic heterocycles. The van der Waals surface area contributed by atoms with E-state index in [1.54, 1.807) is 0 Å². The maximum absolute atomic E-state index is 12.9. The Morgan fingerprint density at radius 1 is 0.964 bits per heavy atom. The number of halogens is 1. The van der Waals surface area contributed by atoms with E-state index in [0.717, 1.165) is 54.7 Å². The molecule has 0 spiro atoms. The van der Waals surface area contributed by atoms with Gasteiger partial charge in [-0.05, 0) is 43.0 Å². The van der Waals surface area contributed by atoms with Crippen molar-refractivity contribution in [2.75, 3.05) is 0 Å². The second-order valence-corrected chi connectivity index (χ2v) is 8.95. The minimum Gasteiger partial charge on any atom is -0.365 e. The number of benzene rings is 2. The predicted octanol–water partition coefficient (Wildman–Crippen LogP) is 6.00. The van der Waals surface area contributed by atoms with Crippen molar-refractivity contribution in [3.05, 3.63) is 70.7 Å². The average Bonchev–Trinajstić information content (AvgIpc) is 3.23. The number of nitrogens with one attached hydrogen (secondary N) is 1. The van der Waals surface area contributed by atoms with E-state index >= 15 is 0 Å². The van der Waals surface area contributed by atoms with Crippen molar-refractivity contribution in [3.63, 3.8) is 0 Å². The third kappa shape index (κ3) is 4.42. The highest BCUT2D eigenvalue weighted by Crippen LogP contribution is 2.44. The number of amides is 1. The van der Waals surface area contributed by atoms with Gasteiger partial charge < -0.3 is 10.1 Å². The van der Waals surface area contributed by atoms with Crippen molar-refractivity contribution in [1.29, 1.82) is 0 Å². The van der Waals surface area contributed by atoms with E-state index in [2.05, 4.69) is 24.4 Å². The number of carbonyl (C=O) groups is 1. The minimum atomic E-state index is -0.303. The molecule has 2 aliphatic rings. The number of carbonyl (C=O) groups excluding carboxylic acids is 1. The van der Waals surface area contributed by atoms with Crippen LogP contribution in [0, 0.1) is 5.92 Å². The highest BCUT2D eigenvalue weighted by molar-refractivity contribution is 6.30. The number of hydrogen-bond donors (Lipinski definition) is 1. The molecule has 2 aromatic rings. The van der Waals surface area contributed by atoms with Gasteiger partial charge in [0.2, 0.25) is 5.91 Å².